The molecule has 1 N–H and O–H groups in total. The Morgan fingerprint density at radius 1 is 1.53 bits per heavy atom. The van der Waals surface area contributed by atoms with Crippen molar-refractivity contribution in [2.75, 3.05) is 7.05 Å². The van der Waals surface area contributed by atoms with Gasteiger partial charge in [0, 0.05) is 7.05 Å². The van der Waals surface area contributed by atoms with Gasteiger partial charge >= 0.3 is 5.97 Å². The van der Waals surface area contributed by atoms with Crippen LogP contribution in [-0.4, -0.2) is 41.4 Å². The van der Waals surface area contributed by atoms with Gasteiger partial charge in [-0.25, -0.2) is 13.4 Å². The number of likely N-dealkylation sites (N-methyl/N-ethyl adjacent to an activating group) is 1. The van der Waals surface area contributed by atoms with E-state index >= 15 is 0 Å². The third kappa shape index (κ3) is 2.48. The van der Waals surface area contributed by atoms with Gasteiger partial charge < -0.3 is 5.11 Å². The summed E-state index contributed by atoms with van der Waals surface area (Å²) in [6.45, 7) is 4.35. The van der Waals surface area contributed by atoms with Gasteiger partial charge in [0.15, 0.2) is 4.21 Å². The van der Waals surface area contributed by atoms with Crippen LogP contribution >= 0.6 is 11.3 Å². The fraction of sp³-hybridized carbons (Fsp3) is 0.556. The highest BCUT2D eigenvalue weighted by Crippen LogP contribution is 2.26. The molecule has 0 radical (unpaired) electrons. The number of hydrogen-bond donors (Lipinski definition) is 1. The molecule has 0 fully saturated rings. The molecule has 0 aliphatic heterocycles. The summed E-state index contributed by atoms with van der Waals surface area (Å²) in [4.78, 5) is 14.9. The zero-order chi connectivity index (χ0) is 13.4. The fourth-order valence-corrected chi connectivity index (χ4v) is 3.79. The Bertz CT molecular complexity index is 533. The van der Waals surface area contributed by atoms with E-state index in [1.807, 2.05) is 0 Å². The van der Waals surface area contributed by atoms with Gasteiger partial charge in [0.05, 0.1) is 11.2 Å². The van der Waals surface area contributed by atoms with Crippen molar-refractivity contribution in [3.05, 3.63) is 11.2 Å². The molecule has 1 rings (SSSR count). The van der Waals surface area contributed by atoms with Gasteiger partial charge in [-0.15, -0.1) is 11.3 Å². The van der Waals surface area contributed by atoms with E-state index in [0.717, 1.165) is 15.6 Å². The van der Waals surface area contributed by atoms with Crippen molar-refractivity contribution in [2.24, 2.45) is 0 Å². The lowest BCUT2D eigenvalue weighted by Gasteiger charge is -2.29. The van der Waals surface area contributed by atoms with E-state index in [1.54, 1.807) is 6.92 Å². The van der Waals surface area contributed by atoms with Crippen molar-refractivity contribution >= 4 is 27.3 Å². The Kier molecular flexibility index (Phi) is 3.60. The first-order chi connectivity index (χ1) is 7.60. The zero-order valence-corrected chi connectivity index (χ0v) is 11.6. The lowest BCUT2D eigenvalue weighted by Crippen LogP contribution is -2.50. The van der Waals surface area contributed by atoms with Gasteiger partial charge in [0.2, 0.25) is 0 Å². The highest BCUT2D eigenvalue weighted by molar-refractivity contribution is 7.91. The summed E-state index contributed by atoms with van der Waals surface area (Å²) in [5.74, 6) is -1.20. The number of sulfonamides is 1. The van der Waals surface area contributed by atoms with Crippen molar-refractivity contribution in [1.82, 2.24) is 9.29 Å². The topological polar surface area (TPSA) is 87.6 Å². The summed E-state index contributed by atoms with van der Waals surface area (Å²) in [6.07, 6.45) is 1.24. The predicted octanol–water partition coefficient (Wildman–Crippen LogP) is 0.935. The maximum Gasteiger partial charge on any atom is 0.324 e. The van der Waals surface area contributed by atoms with E-state index in [2.05, 4.69) is 4.98 Å². The van der Waals surface area contributed by atoms with Crippen LogP contribution in [0.5, 0.6) is 0 Å². The Morgan fingerprint density at radius 2 is 2.06 bits per heavy atom. The first kappa shape index (κ1) is 14.1. The number of carboxylic acid groups (broad SMARTS) is 1. The summed E-state index contributed by atoms with van der Waals surface area (Å²) in [7, 11) is -2.56. The van der Waals surface area contributed by atoms with Crippen molar-refractivity contribution in [3.63, 3.8) is 0 Å². The molecule has 1 aromatic heterocycles. The SMILES string of the molecule is Cc1ncc(S(=O)(=O)N(C)C(C)(C)C(=O)O)s1. The monoisotopic (exact) mass is 278 g/mol. The Hall–Kier alpha value is -0.990. The average Bonchev–Trinajstić information content (AvgIpc) is 2.63. The molecule has 0 bridgehead atoms. The van der Waals surface area contributed by atoms with Gasteiger partial charge in [0.25, 0.3) is 10.0 Å². The summed E-state index contributed by atoms with van der Waals surface area (Å²) in [5, 5.41) is 9.62. The van der Waals surface area contributed by atoms with E-state index < -0.39 is 21.5 Å². The molecule has 6 nitrogen and oxygen atoms in total. The summed E-state index contributed by atoms with van der Waals surface area (Å²) >= 11 is 1.02. The smallest absolute Gasteiger partial charge is 0.324 e. The van der Waals surface area contributed by atoms with Crippen LogP contribution in [0.3, 0.4) is 0 Å². The largest absolute Gasteiger partial charge is 0.480 e. The number of rotatable bonds is 4. The molecule has 17 heavy (non-hydrogen) atoms. The molecular weight excluding hydrogens is 264 g/mol. The van der Waals surface area contributed by atoms with Crippen LogP contribution in [0.15, 0.2) is 10.4 Å². The maximum atomic E-state index is 12.1. The molecule has 1 heterocycles. The Balaban J connectivity index is 3.20. The van der Waals surface area contributed by atoms with Gasteiger partial charge in [-0.2, -0.15) is 4.31 Å². The second-order valence-electron chi connectivity index (χ2n) is 4.04. The summed E-state index contributed by atoms with van der Waals surface area (Å²) in [5.41, 5.74) is -1.50. The zero-order valence-electron chi connectivity index (χ0n) is 9.96. The quantitative estimate of drug-likeness (QED) is 0.885. The van der Waals surface area contributed by atoms with Crippen LogP contribution in [0, 0.1) is 6.92 Å². The number of carboxylic acids is 1. The third-order valence-corrected chi connectivity index (χ3v) is 5.91. The highest BCUT2D eigenvalue weighted by Gasteiger charge is 2.40. The molecule has 96 valence electrons. The standard InChI is InChI=1S/C9H14N2O4S2/c1-6-10-5-7(16-6)17(14,15)11(4)9(2,3)8(12)13/h5H,1-4H3,(H,12,13). The maximum absolute atomic E-state index is 12.1. The van der Waals surface area contributed by atoms with Crippen molar-refractivity contribution in [1.29, 1.82) is 0 Å². The van der Waals surface area contributed by atoms with Gasteiger partial charge in [-0.3, -0.25) is 4.79 Å². The summed E-state index contributed by atoms with van der Waals surface area (Å²) < 4.78 is 25.1. The van der Waals surface area contributed by atoms with Gasteiger partial charge in [-0.1, -0.05) is 0 Å². The third-order valence-electron chi connectivity index (χ3n) is 2.53. The van der Waals surface area contributed by atoms with E-state index in [4.69, 9.17) is 5.11 Å². The minimum atomic E-state index is -3.81. The fourth-order valence-electron chi connectivity index (χ4n) is 1.03. The molecular formula is C9H14N2O4S2. The average molecular weight is 278 g/mol. The van der Waals surface area contributed by atoms with Crippen LogP contribution in [0.2, 0.25) is 0 Å². The molecule has 8 heteroatoms. The molecule has 0 aliphatic rings. The number of nitrogens with zero attached hydrogens (tertiary/aromatic N) is 2. The van der Waals surface area contributed by atoms with E-state index in [1.165, 1.54) is 27.1 Å². The highest BCUT2D eigenvalue weighted by atomic mass is 32.2. The second kappa shape index (κ2) is 4.35. The van der Waals surface area contributed by atoms with Crippen LogP contribution < -0.4 is 0 Å². The molecule has 0 atom stereocenters. The lowest BCUT2D eigenvalue weighted by atomic mass is 10.1. The first-order valence-corrected chi connectivity index (χ1v) is 7.00. The van der Waals surface area contributed by atoms with Crippen molar-refractivity contribution < 1.29 is 18.3 Å². The molecule has 0 saturated carbocycles. The van der Waals surface area contributed by atoms with Crippen LogP contribution in [0.4, 0.5) is 0 Å². The number of hydrogen-bond acceptors (Lipinski definition) is 5. The van der Waals surface area contributed by atoms with E-state index in [0.29, 0.717) is 5.01 Å². The number of aryl methyl sites for hydroxylation is 1. The molecule has 0 aromatic carbocycles. The number of aliphatic carboxylic acids is 1. The Labute approximate surface area is 104 Å². The van der Waals surface area contributed by atoms with Crippen LogP contribution in [0.25, 0.3) is 0 Å². The molecule has 0 unspecified atom stereocenters. The number of thiazole rings is 1. The lowest BCUT2D eigenvalue weighted by molar-refractivity contribution is -0.145. The van der Waals surface area contributed by atoms with Crippen LogP contribution in [-0.2, 0) is 14.8 Å². The number of carbonyl (C=O) groups is 1. The predicted molar refractivity (Wildman–Crippen MR) is 63.5 cm³/mol. The molecule has 0 amide bonds. The van der Waals surface area contributed by atoms with Crippen LogP contribution in [0.1, 0.15) is 18.9 Å². The molecule has 1 aromatic rings. The van der Waals surface area contributed by atoms with Crippen molar-refractivity contribution in [3.8, 4) is 0 Å². The normalized spacial score (nSPS) is 13.0. The molecule has 0 aliphatic carbocycles. The number of aromatic nitrogens is 1. The van der Waals surface area contributed by atoms with Gasteiger partial charge in [0.1, 0.15) is 5.54 Å². The molecule has 0 saturated heterocycles. The first-order valence-electron chi connectivity index (χ1n) is 4.75. The summed E-state index contributed by atoms with van der Waals surface area (Å²) in [6, 6.07) is 0. The Morgan fingerprint density at radius 3 is 2.41 bits per heavy atom. The minimum absolute atomic E-state index is 0.0480. The molecule has 0 spiro atoms. The van der Waals surface area contributed by atoms with Crippen molar-refractivity contribution in [2.45, 2.75) is 30.5 Å². The van der Waals surface area contributed by atoms with E-state index in [9.17, 15) is 13.2 Å². The second-order valence-corrected chi connectivity index (χ2v) is 7.47. The van der Waals surface area contributed by atoms with Gasteiger partial charge in [-0.05, 0) is 20.8 Å². The minimum Gasteiger partial charge on any atom is -0.480 e. The van der Waals surface area contributed by atoms with E-state index in [-0.39, 0.29) is 4.21 Å².